The fourth-order valence-electron chi connectivity index (χ4n) is 1.53. The standard InChI is InChI=1S/C12H11N3O4/c1-8-7-11(13-19-8)14(2)12(16)9-3-5-10(6-4-9)15(17)18/h3-7H,1-2H3. The number of hydrogen-bond acceptors (Lipinski definition) is 5. The van der Waals surface area contributed by atoms with Gasteiger partial charge in [-0.1, -0.05) is 5.16 Å². The number of aryl methyl sites for hydroxylation is 1. The van der Waals surface area contributed by atoms with Gasteiger partial charge in [-0.15, -0.1) is 0 Å². The third-order valence-corrected chi connectivity index (χ3v) is 2.59. The summed E-state index contributed by atoms with van der Waals surface area (Å²) >= 11 is 0. The molecule has 98 valence electrons. The summed E-state index contributed by atoms with van der Waals surface area (Å²) in [7, 11) is 1.56. The molecule has 2 rings (SSSR count). The van der Waals surface area contributed by atoms with Crippen molar-refractivity contribution in [2.45, 2.75) is 6.92 Å². The lowest BCUT2D eigenvalue weighted by Crippen LogP contribution is -2.26. The van der Waals surface area contributed by atoms with Crippen molar-refractivity contribution in [2.75, 3.05) is 11.9 Å². The lowest BCUT2D eigenvalue weighted by molar-refractivity contribution is -0.384. The summed E-state index contributed by atoms with van der Waals surface area (Å²) in [6.45, 7) is 1.72. The number of carbonyl (C=O) groups is 1. The number of nitro benzene ring substituents is 1. The fourth-order valence-corrected chi connectivity index (χ4v) is 1.53. The number of nitrogens with zero attached hydrogens (tertiary/aromatic N) is 3. The highest BCUT2D eigenvalue weighted by molar-refractivity contribution is 6.05. The fraction of sp³-hybridized carbons (Fsp3) is 0.167. The van der Waals surface area contributed by atoms with Crippen LogP contribution in [0.1, 0.15) is 16.1 Å². The van der Waals surface area contributed by atoms with Gasteiger partial charge < -0.3 is 4.52 Å². The quantitative estimate of drug-likeness (QED) is 0.623. The zero-order valence-corrected chi connectivity index (χ0v) is 10.4. The molecular formula is C12H11N3O4. The largest absolute Gasteiger partial charge is 0.360 e. The molecule has 1 aromatic heterocycles. The molecule has 0 fully saturated rings. The predicted octanol–water partition coefficient (Wildman–Crippen LogP) is 2.17. The van der Waals surface area contributed by atoms with Gasteiger partial charge in [0, 0.05) is 30.8 Å². The lowest BCUT2D eigenvalue weighted by atomic mass is 10.2. The summed E-state index contributed by atoms with van der Waals surface area (Å²) in [4.78, 5) is 23.4. The molecule has 1 amide bonds. The molecule has 7 heteroatoms. The van der Waals surface area contributed by atoms with Crippen molar-refractivity contribution >= 4 is 17.4 Å². The first kappa shape index (κ1) is 12.7. The molecule has 0 atom stereocenters. The molecule has 0 aliphatic carbocycles. The first-order chi connectivity index (χ1) is 8.99. The van der Waals surface area contributed by atoms with Crippen LogP contribution in [0.4, 0.5) is 11.5 Å². The first-order valence-electron chi connectivity index (χ1n) is 5.45. The maximum Gasteiger partial charge on any atom is 0.269 e. The molecule has 1 heterocycles. The Labute approximate surface area is 108 Å². The Kier molecular flexibility index (Phi) is 3.28. The average molecular weight is 261 g/mol. The highest BCUT2D eigenvalue weighted by Crippen LogP contribution is 2.17. The number of benzene rings is 1. The Morgan fingerprint density at radius 3 is 2.47 bits per heavy atom. The minimum atomic E-state index is -0.515. The Morgan fingerprint density at radius 2 is 2.00 bits per heavy atom. The predicted molar refractivity (Wildman–Crippen MR) is 67.1 cm³/mol. The third-order valence-electron chi connectivity index (χ3n) is 2.59. The van der Waals surface area contributed by atoms with Gasteiger partial charge in [0.1, 0.15) is 5.76 Å². The van der Waals surface area contributed by atoms with E-state index in [0.29, 0.717) is 17.1 Å². The van der Waals surface area contributed by atoms with Gasteiger partial charge in [0.25, 0.3) is 11.6 Å². The summed E-state index contributed by atoms with van der Waals surface area (Å²) in [5.41, 5.74) is 0.283. The second-order valence-electron chi connectivity index (χ2n) is 3.96. The molecule has 0 saturated carbocycles. The van der Waals surface area contributed by atoms with Crippen LogP contribution in [0, 0.1) is 17.0 Å². The van der Waals surface area contributed by atoms with Crippen molar-refractivity contribution in [1.82, 2.24) is 5.16 Å². The van der Waals surface area contributed by atoms with Crippen LogP contribution >= 0.6 is 0 Å². The van der Waals surface area contributed by atoms with Gasteiger partial charge in [0.15, 0.2) is 5.82 Å². The topological polar surface area (TPSA) is 89.5 Å². The highest BCUT2D eigenvalue weighted by Gasteiger charge is 2.17. The van der Waals surface area contributed by atoms with Crippen LogP contribution in [0.15, 0.2) is 34.9 Å². The van der Waals surface area contributed by atoms with Crippen molar-refractivity contribution in [3.63, 3.8) is 0 Å². The third kappa shape index (κ3) is 2.59. The molecule has 2 aromatic rings. The van der Waals surface area contributed by atoms with Crippen LogP contribution in [-0.4, -0.2) is 23.0 Å². The van der Waals surface area contributed by atoms with Gasteiger partial charge in [-0.2, -0.15) is 0 Å². The molecule has 0 spiro atoms. The number of non-ortho nitro benzene ring substituents is 1. The zero-order valence-electron chi connectivity index (χ0n) is 10.4. The Balaban J connectivity index is 2.21. The maximum absolute atomic E-state index is 12.1. The van der Waals surface area contributed by atoms with Crippen LogP contribution in [0.5, 0.6) is 0 Å². The molecule has 7 nitrogen and oxygen atoms in total. The lowest BCUT2D eigenvalue weighted by Gasteiger charge is -2.12. The SMILES string of the molecule is Cc1cc(N(C)C(=O)c2ccc([N+](=O)[O-])cc2)no1. The van der Waals surface area contributed by atoms with E-state index >= 15 is 0 Å². The van der Waals surface area contributed by atoms with Crippen LogP contribution < -0.4 is 4.90 Å². The number of rotatable bonds is 3. The molecule has 0 bridgehead atoms. The summed E-state index contributed by atoms with van der Waals surface area (Å²) in [6, 6.07) is 7.02. The first-order valence-corrected chi connectivity index (χ1v) is 5.45. The van der Waals surface area contributed by atoms with E-state index in [2.05, 4.69) is 5.16 Å². The van der Waals surface area contributed by atoms with E-state index in [4.69, 9.17) is 4.52 Å². The number of aromatic nitrogens is 1. The van der Waals surface area contributed by atoms with Crippen LogP contribution in [-0.2, 0) is 0 Å². The second kappa shape index (κ2) is 4.89. The summed E-state index contributed by atoms with van der Waals surface area (Å²) in [5, 5.41) is 14.3. The van der Waals surface area contributed by atoms with E-state index in [-0.39, 0.29) is 11.6 Å². The van der Waals surface area contributed by atoms with Gasteiger partial charge in [0.2, 0.25) is 0 Å². The van der Waals surface area contributed by atoms with E-state index in [1.165, 1.54) is 29.2 Å². The van der Waals surface area contributed by atoms with Gasteiger partial charge in [-0.25, -0.2) is 0 Å². The van der Waals surface area contributed by atoms with Crippen LogP contribution in [0.3, 0.4) is 0 Å². The Bertz CT molecular complexity index is 618. The van der Waals surface area contributed by atoms with E-state index in [0.717, 1.165) is 0 Å². The normalized spacial score (nSPS) is 10.2. The van der Waals surface area contributed by atoms with Gasteiger partial charge >= 0.3 is 0 Å². The summed E-state index contributed by atoms with van der Waals surface area (Å²) in [5.74, 6) is 0.669. The number of amides is 1. The van der Waals surface area contributed by atoms with Gasteiger partial charge in [0.05, 0.1) is 4.92 Å². The monoisotopic (exact) mass is 261 g/mol. The molecule has 1 aromatic carbocycles. The van der Waals surface area contributed by atoms with Crippen molar-refractivity contribution in [2.24, 2.45) is 0 Å². The molecule has 19 heavy (non-hydrogen) atoms. The van der Waals surface area contributed by atoms with Crippen molar-refractivity contribution in [3.8, 4) is 0 Å². The zero-order chi connectivity index (χ0) is 14.0. The Hall–Kier alpha value is -2.70. The molecular weight excluding hydrogens is 250 g/mol. The molecule has 0 aliphatic heterocycles. The van der Waals surface area contributed by atoms with Gasteiger partial charge in [-0.05, 0) is 19.1 Å². The highest BCUT2D eigenvalue weighted by atomic mass is 16.6. The number of anilines is 1. The van der Waals surface area contributed by atoms with Crippen molar-refractivity contribution in [1.29, 1.82) is 0 Å². The molecule has 0 unspecified atom stereocenters. The molecule has 0 aliphatic rings. The Morgan fingerprint density at radius 1 is 1.37 bits per heavy atom. The smallest absolute Gasteiger partial charge is 0.269 e. The maximum atomic E-state index is 12.1. The van der Waals surface area contributed by atoms with E-state index in [1.807, 2.05) is 0 Å². The molecule has 0 N–H and O–H groups in total. The van der Waals surface area contributed by atoms with Crippen LogP contribution in [0.2, 0.25) is 0 Å². The number of hydrogen-bond donors (Lipinski definition) is 0. The van der Waals surface area contributed by atoms with Crippen LogP contribution in [0.25, 0.3) is 0 Å². The number of carbonyl (C=O) groups excluding carboxylic acids is 1. The van der Waals surface area contributed by atoms with Crippen molar-refractivity contribution in [3.05, 3.63) is 51.8 Å². The summed E-state index contributed by atoms with van der Waals surface area (Å²) in [6.07, 6.45) is 0. The minimum Gasteiger partial charge on any atom is -0.360 e. The van der Waals surface area contributed by atoms with Crippen molar-refractivity contribution < 1.29 is 14.2 Å². The second-order valence-corrected chi connectivity index (χ2v) is 3.96. The minimum absolute atomic E-state index is 0.0588. The average Bonchev–Trinajstić information content (AvgIpc) is 2.84. The molecule has 0 saturated heterocycles. The summed E-state index contributed by atoms with van der Waals surface area (Å²) < 4.78 is 4.89. The van der Waals surface area contributed by atoms with E-state index in [9.17, 15) is 14.9 Å². The van der Waals surface area contributed by atoms with Gasteiger partial charge in [-0.3, -0.25) is 19.8 Å². The van der Waals surface area contributed by atoms with E-state index < -0.39 is 4.92 Å². The number of nitro groups is 1. The molecule has 0 radical (unpaired) electrons. The van der Waals surface area contributed by atoms with E-state index in [1.54, 1.807) is 20.0 Å².